The minimum Gasteiger partial charge on any atom is -0.207 e. The molecular formula is C28H31F. The third kappa shape index (κ3) is 4.96. The summed E-state index contributed by atoms with van der Waals surface area (Å²) in [6.45, 7) is 4.18. The number of rotatable bonds is 5. The van der Waals surface area contributed by atoms with Gasteiger partial charge in [-0.3, -0.25) is 0 Å². The molecule has 0 nitrogen and oxygen atoms in total. The molecule has 0 atom stereocenters. The summed E-state index contributed by atoms with van der Waals surface area (Å²) in [6.07, 6.45) is 7.52. The Morgan fingerprint density at radius 1 is 0.724 bits per heavy atom. The van der Waals surface area contributed by atoms with Gasteiger partial charge in [0.05, 0.1) is 0 Å². The molecule has 0 heterocycles. The molecule has 0 bridgehead atoms. The minimum absolute atomic E-state index is 0.141. The van der Waals surface area contributed by atoms with Crippen LogP contribution in [0.4, 0.5) is 4.39 Å². The summed E-state index contributed by atoms with van der Waals surface area (Å²) < 4.78 is 13.8. The van der Waals surface area contributed by atoms with E-state index in [1.165, 1.54) is 42.4 Å². The highest BCUT2D eigenvalue weighted by molar-refractivity contribution is 5.64. The van der Waals surface area contributed by atoms with Gasteiger partial charge in [0, 0.05) is 0 Å². The summed E-state index contributed by atoms with van der Waals surface area (Å²) in [6, 6.07) is 23.3. The Bertz CT molecular complexity index is 929. The number of aryl methyl sites for hydroxylation is 3. The zero-order valence-electron chi connectivity index (χ0n) is 17.6. The molecule has 4 rings (SSSR count). The molecular weight excluding hydrogens is 355 g/mol. The van der Waals surface area contributed by atoms with Gasteiger partial charge < -0.3 is 0 Å². The molecule has 150 valence electrons. The van der Waals surface area contributed by atoms with Crippen molar-refractivity contribution in [1.29, 1.82) is 0 Å². The molecule has 3 aromatic carbocycles. The first-order chi connectivity index (χ1) is 14.1. The normalized spacial score (nSPS) is 19.3. The second kappa shape index (κ2) is 8.95. The van der Waals surface area contributed by atoms with E-state index >= 15 is 0 Å². The van der Waals surface area contributed by atoms with Gasteiger partial charge in [-0.1, -0.05) is 80.4 Å². The summed E-state index contributed by atoms with van der Waals surface area (Å²) in [5.74, 6) is 1.53. The van der Waals surface area contributed by atoms with Gasteiger partial charge >= 0.3 is 0 Å². The van der Waals surface area contributed by atoms with Crippen LogP contribution in [-0.4, -0.2) is 0 Å². The highest BCUT2D eigenvalue weighted by Crippen LogP contribution is 2.35. The SMILES string of the molecule is Cc1ccc(-c2ccc(CCc3ccc(C4CCC(C)CC4)cc3)cc2)cc1F. The van der Waals surface area contributed by atoms with Gasteiger partial charge in [-0.05, 0) is 83.9 Å². The van der Waals surface area contributed by atoms with Crippen molar-refractivity contribution < 1.29 is 4.39 Å². The van der Waals surface area contributed by atoms with Crippen molar-refractivity contribution in [3.8, 4) is 11.1 Å². The van der Waals surface area contributed by atoms with E-state index in [-0.39, 0.29) is 5.82 Å². The molecule has 0 spiro atoms. The van der Waals surface area contributed by atoms with Gasteiger partial charge in [-0.25, -0.2) is 4.39 Å². The maximum atomic E-state index is 13.8. The predicted molar refractivity (Wildman–Crippen MR) is 121 cm³/mol. The summed E-state index contributed by atoms with van der Waals surface area (Å²) in [5, 5.41) is 0. The zero-order chi connectivity index (χ0) is 20.2. The van der Waals surface area contributed by atoms with Crippen LogP contribution in [0.3, 0.4) is 0 Å². The van der Waals surface area contributed by atoms with E-state index in [0.717, 1.165) is 35.8 Å². The van der Waals surface area contributed by atoms with E-state index in [1.807, 2.05) is 12.1 Å². The largest absolute Gasteiger partial charge is 0.207 e. The van der Waals surface area contributed by atoms with E-state index in [0.29, 0.717) is 5.56 Å². The topological polar surface area (TPSA) is 0 Å². The van der Waals surface area contributed by atoms with Gasteiger partial charge in [-0.2, -0.15) is 0 Å². The third-order valence-electron chi connectivity index (χ3n) is 6.63. The van der Waals surface area contributed by atoms with Crippen LogP contribution in [0, 0.1) is 18.7 Å². The van der Waals surface area contributed by atoms with Crippen LogP contribution in [0.5, 0.6) is 0 Å². The molecule has 1 saturated carbocycles. The maximum absolute atomic E-state index is 13.8. The average Bonchev–Trinajstić information content (AvgIpc) is 2.76. The lowest BCUT2D eigenvalue weighted by Gasteiger charge is -2.26. The molecule has 0 amide bonds. The lowest BCUT2D eigenvalue weighted by Crippen LogP contribution is -2.10. The fourth-order valence-electron chi connectivity index (χ4n) is 4.47. The quantitative estimate of drug-likeness (QED) is 0.418. The van der Waals surface area contributed by atoms with Crippen LogP contribution in [0.1, 0.15) is 60.8 Å². The van der Waals surface area contributed by atoms with E-state index in [2.05, 4.69) is 55.5 Å². The van der Waals surface area contributed by atoms with E-state index in [4.69, 9.17) is 0 Å². The monoisotopic (exact) mass is 386 g/mol. The lowest BCUT2D eigenvalue weighted by atomic mass is 9.79. The minimum atomic E-state index is -0.141. The summed E-state index contributed by atoms with van der Waals surface area (Å²) in [4.78, 5) is 0. The number of hydrogen-bond donors (Lipinski definition) is 0. The van der Waals surface area contributed by atoms with Crippen LogP contribution < -0.4 is 0 Å². The molecule has 3 aromatic rings. The van der Waals surface area contributed by atoms with Crippen molar-refractivity contribution in [3.05, 3.63) is 94.8 Å². The Hall–Kier alpha value is -2.41. The van der Waals surface area contributed by atoms with Crippen LogP contribution in [-0.2, 0) is 12.8 Å². The summed E-state index contributed by atoms with van der Waals surface area (Å²) in [5.41, 5.74) is 6.95. The predicted octanol–water partition coefficient (Wildman–Crippen LogP) is 7.88. The Morgan fingerprint density at radius 3 is 1.86 bits per heavy atom. The highest BCUT2D eigenvalue weighted by atomic mass is 19.1. The molecule has 0 aromatic heterocycles. The van der Waals surface area contributed by atoms with Gasteiger partial charge in [-0.15, -0.1) is 0 Å². The molecule has 0 N–H and O–H groups in total. The Kier molecular flexibility index (Phi) is 6.13. The zero-order valence-corrected chi connectivity index (χ0v) is 17.6. The molecule has 0 radical (unpaired) electrons. The van der Waals surface area contributed by atoms with Crippen molar-refractivity contribution >= 4 is 0 Å². The maximum Gasteiger partial charge on any atom is 0.126 e. The van der Waals surface area contributed by atoms with Crippen LogP contribution in [0.15, 0.2) is 66.7 Å². The standard InChI is InChI=1S/C28H31F/c1-20-3-12-24(13-4-20)25-15-8-22(9-16-25)6-7-23-10-17-26(18-11-23)27-14-5-21(2)28(29)19-27/h5,8-11,14-20,24H,3-4,6-7,12-13H2,1-2H3. The summed E-state index contributed by atoms with van der Waals surface area (Å²) >= 11 is 0. The lowest BCUT2D eigenvalue weighted by molar-refractivity contribution is 0.348. The molecule has 0 unspecified atom stereocenters. The molecule has 1 heteroatoms. The molecule has 1 aliphatic carbocycles. The third-order valence-corrected chi connectivity index (χ3v) is 6.63. The molecule has 0 saturated heterocycles. The fourth-order valence-corrected chi connectivity index (χ4v) is 4.47. The average molecular weight is 387 g/mol. The van der Waals surface area contributed by atoms with Gasteiger partial charge in [0.15, 0.2) is 0 Å². The Morgan fingerprint density at radius 2 is 1.28 bits per heavy atom. The highest BCUT2D eigenvalue weighted by Gasteiger charge is 2.19. The van der Waals surface area contributed by atoms with Gasteiger partial charge in [0.2, 0.25) is 0 Å². The van der Waals surface area contributed by atoms with Gasteiger partial charge in [0.25, 0.3) is 0 Å². The molecule has 0 aliphatic heterocycles. The van der Waals surface area contributed by atoms with E-state index in [1.54, 1.807) is 13.0 Å². The molecule has 1 fully saturated rings. The molecule has 1 aliphatic rings. The Labute approximate surface area is 174 Å². The van der Waals surface area contributed by atoms with Gasteiger partial charge in [0.1, 0.15) is 5.82 Å². The summed E-state index contributed by atoms with van der Waals surface area (Å²) in [7, 11) is 0. The van der Waals surface area contributed by atoms with Crippen molar-refractivity contribution in [3.63, 3.8) is 0 Å². The fraction of sp³-hybridized carbons (Fsp3) is 0.357. The number of hydrogen-bond acceptors (Lipinski definition) is 0. The first kappa shape index (κ1) is 19.9. The first-order valence-electron chi connectivity index (χ1n) is 11.0. The number of halogens is 1. The second-order valence-corrected chi connectivity index (χ2v) is 8.86. The van der Waals surface area contributed by atoms with Crippen LogP contribution in [0.25, 0.3) is 11.1 Å². The van der Waals surface area contributed by atoms with E-state index < -0.39 is 0 Å². The molecule has 29 heavy (non-hydrogen) atoms. The van der Waals surface area contributed by atoms with Crippen molar-refractivity contribution in [2.75, 3.05) is 0 Å². The smallest absolute Gasteiger partial charge is 0.126 e. The number of benzene rings is 3. The first-order valence-corrected chi connectivity index (χ1v) is 11.0. The van der Waals surface area contributed by atoms with Crippen LogP contribution in [0.2, 0.25) is 0 Å². The van der Waals surface area contributed by atoms with Crippen molar-refractivity contribution in [2.24, 2.45) is 5.92 Å². The second-order valence-electron chi connectivity index (χ2n) is 8.86. The van der Waals surface area contributed by atoms with E-state index in [9.17, 15) is 4.39 Å². The van der Waals surface area contributed by atoms with Crippen molar-refractivity contribution in [2.45, 2.75) is 58.3 Å². The Balaban J connectivity index is 1.34. The van der Waals surface area contributed by atoms with Crippen molar-refractivity contribution in [1.82, 2.24) is 0 Å². The van der Waals surface area contributed by atoms with Crippen LogP contribution >= 0.6 is 0 Å².